The Kier molecular flexibility index (Phi) is 4.00. The van der Waals surface area contributed by atoms with Crippen molar-refractivity contribution < 1.29 is 4.79 Å². The van der Waals surface area contributed by atoms with Crippen LogP contribution in [0.15, 0.2) is 27.6 Å². The van der Waals surface area contributed by atoms with Crippen molar-refractivity contribution in [2.45, 2.75) is 18.2 Å². The molecule has 0 radical (unpaired) electrons. The fourth-order valence-electron chi connectivity index (χ4n) is 1.13. The molecular weight excluding hydrogens is 248 g/mol. The second-order valence-electron chi connectivity index (χ2n) is 2.60. The molecule has 0 aliphatic carbocycles. The molecule has 0 heterocycles. The van der Waals surface area contributed by atoms with Crippen LogP contribution in [0.5, 0.6) is 0 Å². The molecule has 70 valence electrons. The third-order valence-electron chi connectivity index (χ3n) is 1.79. The highest BCUT2D eigenvalue weighted by molar-refractivity contribution is 9.10. The normalized spacial score (nSPS) is 10.1. The molecule has 0 aromatic heterocycles. The Balaban J connectivity index is 3.20. The maximum absolute atomic E-state index is 11.5. The van der Waals surface area contributed by atoms with Crippen molar-refractivity contribution in [2.75, 3.05) is 6.26 Å². The number of halogens is 1. The Bertz CT molecular complexity index is 323. The third-order valence-corrected chi connectivity index (χ3v) is 3.56. The van der Waals surface area contributed by atoms with E-state index < -0.39 is 0 Å². The van der Waals surface area contributed by atoms with Gasteiger partial charge in [-0.1, -0.05) is 19.1 Å². The van der Waals surface area contributed by atoms with Crippen LogP contribution < -0.4 is 0 Å². The predicted molar refractivity (Wildman–Crippen MR) is 60.5 cm³/mol. The second-order valence-corrected chi connectivity index (χ2v) is 4.27. The van der Waals surface area contributed by atoms with E-state index in [1.165, 1.54) is 0 Å². The molecule has 3 heteroatoms. The zero-order chi connectivity index (χ0) is 9.84. The topological polar surface area (TPSA) is 17.1 Å². The van der Waals surface area contributed by atoms with Gasteiger partial charge in [-0.3, -0.25) is 4.79 Å². The average Bonchev–Trinajstić information content (AvgIpc) is 2.16. The Morgan fingerprint density at radius 1 is 1.54 bits per heavy atom. The first-order valence-corrected chi connectivity index (χ1v) is 6.08. The van der Waals surface area contributed by atoms with Gasteiger partial charge in [0.2, 0.25) is 0 Å². The molecule has 1 nitrogen and oxygen atoms in total. The van der Waals surface area contributed by atoms with Crippen LogP contribution in [0.4, 0.5) is 0 Å². The Hall–Kier alpha value is -0.280. The smallest absolute Gasteiger partial charge is 0.163 e. The minimum Gasteiger partial charge on any atom is -0.294 e. The van der Waals surface area contributed by atoms with Gasteiger partial charge in [0.25, 0.3) is 0 Å². The van der Waals surface area contributed by atoms with Gasteiger partial charge in [-0.05, 0) is 28.3 Å². The maximum atomic E-state index is 11.5. The van der Waals surface area contributed by atoms with Crippen molar-refractivity contribution in [3.63, 3.8) is 0 Å². The van der Waals surface area contributed by atoms with Gasteiger partial charge in [0.15, 0.2) is 5.78 Å². The molecule has 0 amide bonds. The number of benzene rings is 1. The number of carbonyl (C=O) groups is 1. The summed E-state index contributed by atoms with van der Waals surface area (Å²) in [4.78, 5) is 12.5. The van der Waals surface area contributed by atoms with Crippen molar-refractivity contribution in [1.29, 1.82) is 0 Å². The summed E-state index contributed by atoms with van der Waals surface area (Å²) in [5, 5.41) is 0. The van der Waals surface area contributed by atoms with E-state index in [4.69, 9.17) is 0 Å². The number of carbonyl (C=O) groups excluding carboxylic acids is 1. The molecule has 1 aromatic rings. The summed E-state index contributed by atoms with van der Waals surface area (Å²) < 4.78 is 0.999. The molecule has 0 saturated heterocycles. The van der Waals surface area contributed by atoms with Crippen molar-refractivity contribution in [2.24, 2.45) is 0 Å². The molecule has 0 aliphatic rings. The van der Waals surface area contributed by atoms with Crippen LogP contribution in [-0.4, -0.2) is 12.0 Å². The highest BCUT2D eigenvalue weighted by atomic mass is 79.9. The van der Waals surface area contributed by atoms with Gasteiger partial charge in [0.1, 0.15) is 0 Å². The Labute approximate surface area is 91.0 Å². The standard InChI is InChI=1S/C10H11BrOS/c1-3-9(12)7-5-4-6-8(11)10(7)13-2/h4-6H,3H2,1-2H3. The molecule has 1 aromatic carbocycles. The first-order chi connectivity index (χ1) is 6.20. The molecule has 0 spiro atoms. The average molecular weight is 259 g/mol. The number of rotatable bonds is 3. The van der Waals surface area contributed by atoms with Crippen LogP contribution >= 0.6 is 27.7 Å². The molecule has 0 N–H and O–H groups in total. The number of hydrogen-bond acceptors (Lipinski definition) is 2. The Morgan fingerprint density at radius 2 is 2.23 bits per heavy atom. The zero-order valence-corrected chi connectivity index (χ0v) is 10.0. The van der Waals surface area contributed by atoms with E-state index in [-0.39, 0.29) is 5.78 Å². The summed E-state index contributed by atoms with van der Waals surface area (Å²) >= 11 is 5.03. The van der Waals surface area contributed by atoms with Gasteiger partial charge in [-0.15, -0.1) is 11.8 Å². The van der Waals surface area contributed by atoms with Crippen molar-refractivity contribution in [1.82, 2.24) is 0 Å². The van der Waals surface area contributed by atoms with E-state index in [2.05, 4.69) is 15.9 Å². The lowest BCUT2D eigenvalue weighted by Gasteiger charge is -2.06. The summed E-state index contributed by atoms with van der Waals surface area (Å²) in [6.07, 6.45) is 2.54. The molecule has 0 bridgehead atoms. The lowest BCUT2D eigenvalue weighted by Crippen LogP contribution is -1.98. The quantitative estimate of drug-likeness (QED) is 0.607. The van der Waals surface area contributed by atoms with E-state index in [1.807, 2.05) is 31.4 Å². The molecule has 0 saturated carbocycles. The minimum absolute atomic E-state index is 0.200. The monoisotopic (exact) mass is 258 g/mol. The number of hydrogen-bond donors (Lipinski definition) is 0. The van der Waals surface area contributed by atoms with Gasteiger partial charge in [0, 0.05) is 21.4 Å². The van der Waals surface area contributed by atoms with Gasteiger partial charge in [-0.2, -0.15) is 0 Å². The highest BCUT2D eigenvalue weighted by Crippen LogP contribution is 2.29. The van der Waals surface area contributed by atoms with Crippen LogP contribution in [-0.2, 0) is 0 Å². The highest BCUT2D eigenvalue weighted by Gasteiger charge is 2.10. The third kappa shape index (κ3) is 2.35. The largest absolute Gasteiger partial charge is 0.294 e. The number of thioether (sulfide) groups is 1. The molecule has 0 unspecified atom stereocenters. The minimum atomic E-state index is 0.200. The fraction of sp³-hybridized carbons (Fsp3) is 0.300. The molecule has 0 atom stereocenters. The van der Waals surface area contributed by atoms with E-state index in [0.717, 1.165) is 14.9 Å². The lowest BCUT2D eigenvalue weighted by molar-refractivity contribution is 0.0985. The SMILES string of the molecule is CCC(=O)c1cccc(Br)c1SC. The summed E-state index contributed by atoms with van der Waals surface area (Å²) in [5.41, 5.74) is 0.823. The predicted octanol–water partition coefficient (Wildman–Crippen LogP) is 3.76. The van der Waals surface area contributed by atoms with E-state index in [9.17, 15) is 4.79 Å². The van der Waals surface area contributed by atoms with Crippen LogP contribution in [0.2, 0.25) is 0 Å². The van der Waals surface area contributed by atoms with Crippen LogP contribution in [0.25, 0.3) is 0 Å². The van der Waals surface area contributed by atoms with Crippen LogP contribution in [0.3, 0.4) is 0 Å². The summed E-state index contributed by atoms with van der Waals surface area (Å²) in [6, 6.07) is 5.73. The zero-order valence-electron chi connectivity index (χ0n) is 7.63. The maximum Gasteiger partial charge on any atom is 0.163 e. The summed E-state index contributed by atoms with van der Waals surface area (Å²) in [6.45, 7) is 1.88. The number of ketones is 1. The first-order valence-electron chi connectivity index (χ1n) is 4.06. The van der Waals surface area contributed by atoms with E-state index in [1.54, 1.807) is 11.8 Å². The molecule has 1 rings (SSSR count). The first kappa shape index (κ1) is 10.8. The lowest BCUT2D eigenvalue weighted by atomic mass is 10.1. The van der Waals surface area contributed by atoms with E-state index >= 15 is 0 Å². The molecule has 13 heavy (non-hydrogen) atoms. The van der Waals surface area contributed by atoms with Crippen molar-refractivity contribution >= 4 is 33.5 Å². The van der Waals surface area contributed by atoms with E-state index in [0.29, 0.717) is 6.42 Å². The number of Topliss-reactive ketones (excluding diaryl/α,β-unsaturated/α-hetero) is 1. The summed E-state index contributed by atoms with van der Waals surface area (Å²) in [5.74, 6) is 0.200. The summed E-state index contributed by atoms with van der Waals surface area (Å²) in [7, 11) is 0. The molecular formula is C10H11BrOS. The Morgan fingerprint density at radius 3 is 2.77 bits per heavy atom. The van der Waals surface area contributed by atoms with Gasteiger partial charge < -0.3 is 0 Å². The van der Waals surface area contributed by atoms with Crippen LogP contribution in [0, 0.1) is 0 Å². The van der Waals surface area contributed by atoms with Crippen molar-refractivity contribution in [3.05, 3.63) is 28.2 Å². The van der Waals surface area contributed by atoms with Gasteiger partial charge in [0.05, 0.1) is 0 Å². The fourth-order valence-corrected chi connectivity index (χ4v) is 2.64. The van der Waals surface area contributed by atoms with Gasteiger partial charge in [-0.25, -0.2) is 0 Å². The van der Waals surface area contributed by atoms with Gasteiger partial charge >= 0.3 is 0 Å². The molecule has 0 fully saturated rings. The molecule has 0 aliphatic heterocycles. The van der Waals surface area contributed by atoms with Crippen LogP contribution in [0.1, 0.15) is 23.7 Å². The van der Waals surface area contributed by atoms with Crippen molar-refractivity contribution in [3.8, 4) is 0 Å². The second kappa shape index (κ2) is 4.82.